The number of rotatable bonds is 11. The van der Waals surface area contributed by atoms with Gasteiger partial charge in [0.05, 0.1) is 11.3 Å². The Morgan fingerprint density at radius 2 is 1.63 bits per heavy atom. The molecule has 1 aliphatic heterocycles. The number of hydrogen-bond donors (Lipinski definition) is 1. The largest absolute Gasteiger partial charge is 0.369 e. The van der Waals surface area contributed by atoms with Gasteiger partial charge in [-0.2, -0.15) is 0 Å². The van der Waals surface area contributed by atoms with Gasteiger partial charge in [0.15, 0.2) is 0 Å². The molecule has 2 aromatic carbocycles. The SMILES string of the molecule is CC.Cc1cccc(N2CCN(CCCCNC(=O)Cc3cccnc3N(C)S(=O)(=O)c3ccccc3)CC2)c1C. The Hall–Kier alpha value is -3.43. The maximum absolute atomic E-state index is 13.0. The molecule has 8 nitrogen and oxygen atoms in total. The number of nitrogens with zero attached hydrogens (tertiary/aromatic N) is 4. The average molecular weight is 580 g/mol. The lowest BCUT2D eigenvalue weighted by Crippen LogP contribution is -2.47. The molecule has 222 valence electrons. The Kier molecular flexibility index (Phi) is 12.2. The van der Waals surface area contributed by atoms with Gasteiger partial charge < -0.3 is 10.2 Å². The molecule has 4 rings (SSSR count). The Labute approximate surface area is 246 Å². The minimum atomic E-state index is -3.78. The van der Waals surface area contributed by atoms with Gasteiger partial charge in [-0.3, -0.25) is 14.0 Å². The molecule has 2 heterocycles. The molecule has 41 heavy (non-hydrogen) atoms. The number of carbonyl (C=O) groups excluding carboxylic acids is 1. The summed E-state index contributed by atoms with van der Waals surface area (Å²) < 4.78 is 27.2. The molecule has 9 heteroatoms. The van der Waals surface area contributed by atoms with Crippen LogP contribution >= 0.6 is 0 Å². The predicted molar refractivity (Wildman–Crippen MR) is 168 cm³/mol. The predicted octanol–water partition coefficient (Wildman–Crippen LogP) is 4.81. The third kappa shape index (κ3) is 8.53. The molecule has 1 N–H and O–H groups in total. The van der Waals surface area contributed by atoms with E-state index in [1.165, 1.54) is 30.1 Å². The zero-order chi connectivity index (χ0) is 29.8. The summed E-state index contributed by atoms with van der Waals surface area (Å²) in [6, 6.07) is 18.2. The number of carbonyl (C=O) groups is 1. The first kappa shape index (κ1) is 32.1. The second kappa shape index (κ2) is 15.5. The zero-order valence-corrected chi connectivity index (χ0v) is 26.0. The second-order valence-corrected chi connectivity index (χ2v) is 12.0. The smallest absolute Gasteiger partial charge is 0.265 e. The molecule has 1 amide bonds. The number of aryl methyl sites for hydroxylation is 1. The van der Waals surface area contributed by atoms with Crippen LogP contribution in [0.3, 0.4) is 0 Å². The van der Waals surface area contributed by atoms with Crippen molar-refractivity contribution in [1.82, 2.24) is 15.2 Å². The highest BCUT2D eigenvalue weighted by Gasteiger charge is 2.24. The Morgan fingerprint density at radius 1 is 0.927 bits per heavy atom. The molecule has 0 atom stereocenters. The van der Waals surface area contributed by atoms with Crippen LogP contribution in [0.15, 0.2) is 71.8 Å². The van der Waals surface area contributed by atoms with E-state index in [0.717, 1.165) is 49.9 Å². The van der Waals surface area contributed by atoms with Gasteiger partial charge in [-0.15, -0.1) is 0 Å². The molecule has 0 radical (unpaired) electrons. The summed E-state index contributed by atoms with van der Waals surface area (Å²) >= 11 is 0. The van der Waals surface area contributed by atoms with Crippen LogP contribution in [0.4, 0.5) is 11.5 Å². The number of unbranched alkanes of at least 4 members (excludes halogenated alkanes) is 1. The first-order valence-corrected chi connectivity index (χ1v) is 16.0. The number of hydrogen-bond acceptors (Lipinski definition) is 6. The van der Waals surface area contributed by atoms with Crippen LogP contribution in [0.1, 0.15) is 43.4 Å². The first-order valence-electron chi connectivity index (χ1n) is 14.6. The summed E-state index contributed by atoms with van der Waals surface area (Å²) in [6.07, 6.45) is 3.51. The lowest BCUT2D eigenvalue weighted by molar-refractivity contribution is -0.120. The van der Waals surface area contributed by atoms with Gasteiger partial charge >= 0.3 is 0 Å². The number of benzene rings is 2. The summed E-state index contributed by atoms with van der Waals surface area (Å²) in [5, 5.41) is 2.98. The first-order chi connectivity index (χ1) is 19.8. The molecular weight excluding hydrogens is 534 g/mol. The topological polar surface area (TPSA) is 85.8 Å². The summed E-state index contributed by atoms with van der Waals surface area (Å²) in [5.74, 6) is 0.119. The maximum atomic E-state index is 13.0. The standard InChI is InChI=1S/C30H39N5O3S.C2H6/c1-24-11-9-15-28(25(24)2)35-21-19-34(20-22-35)18-8-7-16-31-29(36)23-26-12-10-17-32-30(26)33(3)39(37,38)27-13-5-4-6-14-27;1-2/h4-6,9-15,17H,7-8,16,18-23H2,1-3H3,(H,31,36);1-2H3. The molecule has 1 aliphatic rings. The van der Waals surface area contributed by atoms with Crippen molar-refractivity contribution in [2.75, 3.05) is 55.5 Å². The Morgan fingerprint density at radius 3 is 2.34 bits per heavy atom. The van der Waals surface area contributed by atoms with E-state index in [9.17, 15) is 13.2 Å². The van der Waals surface area contributed by atoms with Crippen molar-refractivity contribution in [2.45, 2.75) is 51.9 Å². The van der Waals surface area contributed by atoms with Crippen molar-refractivity contribution in [2.24, 2.45) is 0 Å². The normalized spacial score (nSPS) is 13.7. The minimum absolute atomic E-state index is 0.0676. The van der Waals surface area contributed by atoms with Gasteiger partial charge in [-0.25, -0.2) is 13.4 Å². The third-order valence-electron chi connectivity index (χ3n) is 7.43. The fourth-order valence-electron chi connectivity index (χ4n) is 4.93. The highest BCUT2D eigenvalue weighted by Crippen LogP contribution is 2.25. The van der Waals surface area contributed by atoms with Crippen LogP contribution in [0.2, 0.25) is 0 Å². The fourth-order valence-corrected chi connectivity index (χ4v) is 6.14. The third-order valence-corrected chi connectivity index (χ3v) is 9.19. The van der Waals surface area contributed by atoms with E-state index in [-0.39, 0.29) is 23.0 Å². The van der Waals surface area contributed by atoms with Gasteiger partial charge in [-0.05, 0) is 68.6 Å². The molecule has 1 aromatic heterocycles. The molecule has 0 aliphatic carbocycles. The van der Waals surface area contributed by atoms with E-state index in [4.69, 9.17) is 0 Å². The van der Waals surface area contributed by atoms with E-state index in [2.05, 4.69) is 52.1 Å². The highest BCUT2D eigenvalue weighted by atomic mass is 32.2. The van der Waals surface area contributed by atoms with E-state index >= 15 is 0 Å². The molecular formula is C32H45N5O3S. The van der Waals surface area contributed by atoms with Crippen molar-refractivity contribution in [1.29, 1.82) is 0 Å². The monoisotopic (exact) mass is 579 g/mol. The molecule has 1 fully saturated rings. The van der Waals surface area contributed by atoms with Crippen molar-refractivity contribution in [3.05, 3.63) is 83.6 Å². The van der Waals surface area contributed by atoms with Crippen LogP contribution in [-0.4, -0.2) is 70.5 Å². The molecule has 0 spiro atoms. The second-order valence-electron chi connectivity index (χ2n) is 10.1. The highest BCUT2D eigenvalue weighted by molar-refractivity contribution is 7.92. The van der Waals surface area contributed by atoms with Gasteiger partial charge in [0.2, 0.25) is 5.91 Å². The Balaban J connectivity index is 0.00000226. The van der Waals surface area contributed by atoms with Gasteiger partial charge in [0.25, 0.3) is 10.0 Å². The number of sulfonamides is 1. The summed E-state index contributed by atoms with van der Waals surface area (Å²) in [4.78, 5) is 22.1. The Bertz CT molecular complexity index is 1360. The van der Waals surface area contributed by atoms with Gasteiger partial charge in [-0.1, -0.05) is 50.2 Å². The van der Waals surface area contributed by atoms with Gasteiger partial charge in [0, 0.05) is 57.2 Å². The van der Waals surface area contributed by atoms with E-state index in [0.29, 0.717) is 12.1 Å². The maximum Gasteiger partial charge on any atom is 0.265 e. The van der Waals surface area contributed by atoms with Crippen molar-refractivity contribution in [3.8, 4) is 0 Å². The van der Waals surface area contributed by atoms with Gasteiger partial charge in [0.1, 0.15) is 5.82 Å². The summed E-state index contributed by atoms with van der Waals surface area (Å²) in [7, 11) is -2.31. The average Bonchev–Trinajstić information content (AvgIpc) is 3.00. The molecule has 0 bridgehead atoms. The molecule has 3 aromatic rings. The zero-order valence-electron chi connectivity index (χ0n) is 25.1. The number of amides is 1. The lowest BCUT2D eigenvalue weighted by atomic mass is 10.1. The fraction of sp³-hybridized carbons (Fsp3) is 0.438. The van der Waals surface area contributed by atoms with Crippen molar-refractivity contribution >= 4 is 27.4 Å². The molecule has 0 unspecified atom stereocenters. The number of anilines is 2. The van der Waals surface area contributed by atoms with Crippen LogP contribution in [0, 0.1) is 13.8 Å². The quantitative estimate of drug-likeness (QED) is 0.328. The van der Waals surface area contributed by atoms with E-state index in [1.54, 1.807) is 42.5 Å². The molecule has 1 saturated heterocycles. The van der Waals surface area contributed by atoms with Crippen LogP contribution in [0.25, 0.3) is 0 Å². The number of pyridine rings is 1. The number of piperazine rings is 1. The van der Waals surface area contributed by atoms with Crippen molar-refractivity contribution < 1.29 is 13.2 Å². The lowest BCUT2D eigenvalue weighted by Gasteiger charge is -2.37. The molecule has 0 saturated carbocycles. The van der Waals surface area contributed by atoms with Crippen molar-refractivity contribution in [3.63, 3.8) is 0 Å². The number of aromatic nitrogens is 1. The van der Waals surface area contributed by atoms with E-state index in [1.807, 2.05) is 13.8 Å². The summed E-state index contributed by atoms with van der Waals surface area (Å²) in [5.41, 5.74) is 4.61. The minimum Gasteiger partial charge on any atom is -0.369 e. The summed E-state index contributed by atoms with van der Waals surface area (Å²) in [6.45, 7) is 14.1. The van der Waals surface area contributed by atoms with Crippen LogP contribution in [-0.2, 0) is 21.2 Å². The van der Waals surface area contributed by atoms with Crippen LogP contribution in [0.5, 0.6) is 0 Å². The van der Waals surface area contributed by atoms with Crippen LogP contribution < -0.4 is 14.5 Å². The number of nitrogens with one attached hydrogen (secondary N) is 1. The van der Waals surface area contributed by atoms with E-state index < -0.39 is 10.0 Å².